The van der Waals surface area contributed by atoms with E-state index in [2.05, 4.69) is 11.8 Å². The fraction of sp³-hybridized carbons (Fsp3) is 0.500. The van der Waals surface area contributed by atoms with E-state index in [1.807, 2.05) is 24.3 Å². The molecule has 0 unspecified atom stereocenters. The van der Waals surface area contributed by atoms with Crippen molar-refractivity contribution in [2.24, 2.45) is 11.7 Å². The Hall–Kier alpha value is -1.46. The summed E-state index contributed by atoms with van der Waals surface area (Å²) in [6.45, 7) is 1.09. The van der Waals surface area contributed by atoms with E-state index in [1.54, 1.807) is 0 Å². The van der Waals surface area contributed by atoms with Gasteiger partial charge in [0, 0.05) is 18.0 Å². The summed E-state index contributed by atoms with van der Waals surface area (Å²) >= 11 is 0. The molecule has 2 nitrogen and oxygen atoms in total. The fourth-order valence-electron chi connectivity index (χ4n) is 2.27. The van der Waals surface area contributed by atoms with Crippen LogP contribution in [0.3, 0.4) is 0 Å². The van der Waals surface area contributed by atoms with Crippen LogP contribution < -0.4 is 10.5 Å². The summed E-state index contributed by atoms with van der Waals surface area (Å²) in [7, 11) is 0. The Balaban J connectivity index is 1.97. The largest absolute Gasteiger partial charge is 0.492 e. The van der Waals surface area contributed by atoms with Crippen LogP contribution in [0.5, 0.6) is 5.75 Å². The molecule has 2 N–H and O–H groups in total. The third-order valence-corrected chi connectivity index (χ3v) is 3.25. The monoisotopic (exact) mass is 243 g/mol. The molecule has 1 aromatic carbocycles. The zero-order valence-electron chi connectivity index (χ0n) is 10.8. The molecule has 1 aliphatic carbocycles. The fourth-order valence-corrected chi connectivity index (χ4v) is 2.27. The Labute approximate surface area is 110 Å². The molecule has 2 rings (SSSR count). The van der Waals surface area contributed by atoms with E-state index in [1.165, 1.54) is 32.1 Å². The van der Waals surface area contributed by atoms with Gasteiger partial charge in [0.15, 0.2) is 0 Å². The van der Waals surface area contributed by atoms with Gasteiger partial charge in [-0.05, 0) is 31.0 Å². The van der Waals surface area contributed by atoms with Gasteiger partial charge in [0.05, 0.1) is 0 Å². The van der Waals surface area contributed by atoms with Crippen molar-refractivity contribution in [2.45, 2.75) is 32.1 Å². The molecule has 1 aliphatic rings. The maximum absolute atomic E-state index is 5.49. The smallest absolute Gasteiger partial charge is 0.120 e. The standard InChI is InChI=1S/C16H21NO/c17-11-12-18-16-8-4-7-15(13-16)10-9-14-5-2-1-3-6-14/h4,7-8,13-14H,1-3,5-6,11-12,17H2. The normalized spacial score (nSPS) is 15.8. The Morgan fingerprint density at radius 1 is 1.22 bits per heavy atom. The minimum atomic E-state index is 0.540. The zero-order chi connectivity index (χ0) is 12.6. The minimum absolute atomic E-state index is 0.540. The molecular formula is C16H21NO. The van der Waals surface area contributed by atoms with Crippen LogP contribution >= 0.6 is 0 Å². The first-order chi connectivity index (χ1) is 8.88. The molecule has 1 fully saturated rings. The van der Waals surface area contributed by atoms with E-state index in [4.69, 9.17) is 10.5 Å². The number of nitrogens with two attached hydrogens (primary N) is 1. The SMILES string of the molecule is NCCOc1cccc(C#CC2CCCCC2)c1. The summed E-state index contributed by atoms with van der Waals surface area (Å²) in [5.74, 6) is 8.11. The average Bonchev–Trinajstić information content (AvgIpc) is 2.44. The minimum Gasteiger partial charge on any atom is -0.492 e. The summed E-state index contributed by atoms with van der Waals surface area (Å²) in [5, 5.41) is 0. The maximum Gasteiger partial charge on any atom is 0.120 e. The van der Waals surface area contributed by atoms with Crippen LogP contribution in [-0.2, 0) is 0 Å². The summed E-state index contributed by atoms with van der Waals surface area (Å²) in [6.07, 6.45) is 6.56. The van der Waals surface area contributed by atoms with Gasteiger partial charge in [-0.1, -0.05) is 37.2 Å². The first kappa shape index (κ1) is 13.0. The highest BCUT2D eigenvalue weighted by atomic mass is 16.5. The second kappa shape index (κ2) is 7.08. The summed E-state index contributed by atoms with van der Waals surface area (Å²) in [4.78, 5) is 0. The van der Waals surface area contributed by atoms with E-state index in [0.717, 1.165) is 11.3 Å². The van der Waals surface area contributed by atoms with Gasteiger partial charge in [-0.2, -0.15) is 0 Å². The molecule has 0 aromatic heterocycles. The van der Waals surface area contributed by atoms with E-state index in [-0.39, 0.29) is 0 Å². The maximum atomic E-state index is 5.49. The van der Waals surface area contributed by atoms with Crippen LogP contribution in [0, 0.1) is 17.8 Å². The van der Waals surface area contributed by atoms with E-state index >= 15 is 0 Å². The van der Waals surface area contributed by atoms with E-state index < -0.39 is 0 Å². The predicted molar refractivity (Wildman–Crippen MR) is 74.4 cm³/mol. The molecule has 18 heavy (non-hydrogen) atoms. The Morgan fingerprint density at radius 3 is 2.83 bits per heavy atom. The molecule has 0 spiro atoms. The van der Waals surface area contributed by atoms with Gasteiger partial charge in [0.25, 0.3) is 0 Å². The van der Waals surface area contributed by atoms with Crippen molar-refractivity contribution < 1.29 is 4.74 Å². The van der Waals surface area contributed by atoms with E-state index in [9.17, 15) is 0 Å². The number of hydrogen-bond donors (Lipinski definition) is 1. The first-order valence-electron chi connectivity index (χ1n) is 6.83. The quantitative estimate of drug-likeness (QED) is 0.828. The zero-order valence-corrected chi connectivity index (χ0v) is 10.8. The lowest BCUT2D eigenvalue weighted by Crippen LogP contribution is -2.10. The summed E-state index contributed by atoms with van der Waals surface area (Å²) in [6, 6.07) is 7.95. The molecule has 96 valence electrons. The predicted octanol–water partition coefficient (Wildman–Crippen LogP) is 2.96. The van der Waals surface area contributed by atoms with Crippen LogP contribution in [0.2, 0.25) is 0 Å². The number of hydrogen-bond acceptors (Lipinski definition) is 2. The van der Waals surface area contributed by atoms with Crippen LogP contribution in [0.25, 0.3) is 0 Å². The molecule has 0 saturated heterocycles. The van der Waals surface area contributed by atoms with Gasteiger partial charge in [0.1, 0.15) is 12.4 Å². The third kappa shape index (κ3) is 4.09. The van der Waals surface area contributed by atoms with Gasteiger partial charge >= 0.3 is 0 Å². The molecule has 0 radical (unpaired) electrons. The third-order valence-electron chi connectivity index (χ3n) is 3.25. The Bertz CT molecular complexity index is 424. The molecule has 2 heteroatoms. The Kier molecular flexibility index (Phi) is 5.11. The van der Waals surface area contributed by atoms with Gasteiger partial charge in [-0.25, -0.2) is 0 Å². The molecule has 0 heterocycles. The van der Waals surface area contributed by atoms with Crippen molar-refractivity contribution in [1.82, 2.24) is 0 Å². The van der Waals surface area contributed by atoms with Crippen molar-refractivity contribution in [3.63, 3.8) is 0 Å². The van der Waals surface area contributed by atoms with Crippen molar-refractivity contribution in [2.75, 3.05) is 13.2 Å². The summed E-state index contributed by atoms with van der Waals surface area (Å²) in [5.41, 5.74) is 6.45. The van der Waals surface area contributed by atoms with Crippen molar-refractivity contribution in [3.05, 3.63) is 29.8 Å². The lowest BCUT2D eigenvalue weighted by molar-refractivity contribution is 0.328. The van der Waals surface area contributed by atoms with Crippen LogP contribution in [0.1, 0.15) is 37.7 Å². The number of rotatable bonds is 3. The number of ether oxygens (including phenoxy) is 1. The lowest BCUT2D eigenvalue weighted by atomic mass is 9.90. The average molecular weight is 243 g/mol. The molecule has 0 amide bonds. The molecule has 0 bridgehead atoms. The van der Waals surface area contributed by atoms with Crippen LogP contribution in [0.4, 0.5) is 0 Å². The van der Waals surface area contributed by atoms with Crippen LogP contribution in [0.15, 0.2) is 24.3 Å². The highest BCUT2D eigenvalue weighted by Crippen LogP contribution is 2.23. The highest BCUT2D eigenvalue weighted by molar-refractivity contribution is 5.40. The van der Waals surface area contributed by atoms with Gasteiger partial charge in [-0.3, -0.25) is 0 Å². The topological polar surface area (TPSA) is 35.2 Å². The van der Waals surface area contributed by atoms with Crippen LogP contribution in [-0.4, -0.2) is 13.2 Å². The van der Waals surface area contributed by atoms with Gasteiger partial charge in [0.2, 0.25) is 0 Å². The molecule has 1 saturated carbocycles. The first-order valence-corrected chi connectivity index (χ1v) is 6.83. The Morgan fingerprint density at radius 2 is 2.06 bits per heavy atom. The van der Waals surface area contributed by atoms with E-state index in [0.29, 0.717) is 19.1 Å². The van der Waals surface area contributed by atoms with Gasteiger partial charge in [-0.15, -0.1) is 0 Å². The molecule has 0 atom stereocenters. The molecule has 0 aliphatic heterocycles. The molecule has 1 aromatic rings. The number of benzene rings is 1. The lowest BCUT2D eigenvalue weighted by Gasteiger charge is -2.15. The van der Waals surface area contributed by atoms with Gasteiger partial charge < -0.3 is 10.5 Å². The summed E-state index contributed by atoms with van der Waals surface area (Å²) < 4.78 is 5.49. The van der Waals surface area contributed by atoms with Crippen molar-refractivity contribution in [1.29, 1.82) is 0 Å². The second-order valence-electron chi connectivity index (χ2n) is 4.77. The van der Waals surface area contributed by atoms with Crippen molar-refractivity contribution in [3.8, 4) is 17.6 Å². The van der Waals surface area contributed by atoms with Crippen molar-refractivity contribution >= 4 is 0 Å². The highest BCUT2D eigenvalue weighted by Gasteiger charge is 2.09. The molecular weight excluding hydrogens is 222 g/mol. The second-order valence-corrected chi connectivity index (χ2v) is 4.77.